The van der Waals surface area contributed by atoms with E-state index in [9.17, 15) is 0 Å². The number of hydrogen-bond acceptors (Lipinski definition) is 3. The third-order valence-electron chi connectivity index (χ3n) is 3.94. The molecule has 4 heteroatoms. The zero-order valence-electron chi connectivity index (χ0n) is 12.5. The first-order valence-electron chi connectivity index (χ1n) is 7.60. The van der Waals surface area contributed by atoms with Crippen LogP contribution in [0.4, 0.5) is 0 Å². The highest BCUT2D eigenvalue weighted by atomic mass is 32.2. The van der Waals surface area contributed by atoms with Crippen LogP contribution in [-0.2, 0) is 6.54 Å². The topological polar surface area (TPSA) is 29.9 Å². The van der Waals surface area contributed by atoms with E-state index in [-0.39, 0.29) is 0 Å². The number of rotatable bonds is 7. The molecule has 0 amide bonds. The van der Waals surface area contributed by atoms with E-state index in [4.69, 9.17) is 0 Å². The van der Waals surface area contributed by atoms with Gasteiger partial charge in [-0.2, -0.15) is 16.9 Å². The van der Waals surface area contributed by atoms with Gasteiger partial charge in [-0.15, -0.1) is 0 Å². The molecule has 2 rings (SSSR count). The van der Waals surface area contributed by atoms with Crippen LogP contribution in [0, 0.1) is 0 Å². The van der Waals surface area contributed by atoms with Crippen molar-refractivity contribution < 1.29 is 0 Å². The Kier molecular flexibility index (Phi) is 5.34. The molecule has 19 heavy (non-hydrogen) atoms. The summed E-state index contributed by atoms with van der Waals surface area (Å²) >= 11 is 2.12. The van der Waals surface area contributed by atoms with Crippen LogP contribution in [0.5, 0.6) is 0 Å². The molecule has 0 aliphatic carbocycles. The van der Waals surface area contributed by atoms with Gasteiger partial charge in [0.2, 0.25) is 0 Å². The summed E-state index contributed by atoms with van der Waals surface area (Å²) in [5.41, 5.74) is 1.37. The van der Waals surface area contributed by atoms with Crippen molar-refractivity contribution >= 4 is 11.8 Å². The van der Waals surface area contributed by atoms with E-state index in [0.717, 1.165) is 19.5 Å². The molecule has 0 radical (unpaired) electrons. The molecule has 1 fully saturated rings. The fraction of sp³-hybridized carbons (Fsp3) is 0.800. The van der Waals surface area contributed by atoms with E-state index in [2.05, 4.69) is 53.7 Å². The summed E-state index contributed by atoms with van der Waals surface area (Å²) in [6.45, 7) is 8.97. The Hall–Kier alpha value is -0.480. The second-order valence-corrected chi connectivity index (χ2v) is 7.26. The maximum atomic E-state index is 4.50. The van der Waals surface area contributed by atoms with E-state index in [1.165, 1.54) is 30.7 Å². The van der Waals surface area contributed by atoms with Crippen molar-refractivity contribution in [3.8, 4) is 0 Å². The van der Waals surface area contributed by atoms with Crippen LogP contribution in [0.25, 0.3) is 0 Å². The molecule has 1 aromatic heterocycles. The van der Waals surface area contributed by atoms with E-state index in [1.54, 1.807) is 0 Å². The molecule has 1 N–H and O–H groups in total. The molecule has 0 bridgehead atoms. The average Bonchev–Trinajstić information content (AvgIpc) is 3.01. The minimum atomic E-state index is 0.320. The zero-order valence-corrected chi connectivity index (χ0v) is 13.3. The highest BCUT2D eigenvalue weighted by molar-refractivity contribution is 8.00. The Bertz CT molecular complexity index is 382. The molecule has 1 aliphatic rings. The fourth-order valence-corrected chi connectivity index (χ4v) is 4.35. The summed E-state index contributed by atoms with van der Waals surface area (Å²) in [5, 5.41) is 8.28. The first kappa shape index (κ1) is 14.9. The van der Waals surface area contributed by atoms with E-state index < -0.39 is 0 Å². The summed E-state index contributed by atoms with van der Waals surface area (Å²) in [5.74, 6) is 1.29. The highest BCUT2D eigenvalue weighted by Gasteiger charge is 2.39. The van der Waals surface area contributed by atoms with E-state index in [1.807, 2.05) is 6.20 Å². The van der Waals surface area contributed by atoms with Gasteiger partial charge >= 0.3 is 0 Å². The van der Waals surface area contributed by atoms with E-state index in [0.29, 0.717) is 10.8 Å². The van der Waals surface area contributed by atoms with Gasteiger partial charge in [0.1, 0.15) is 0 Å². The highest BCUT2D eigenvalue weighted by Crippen LogP contribution is 2.46. The number of aryl methyl sites for hydroxylation is 1. The maximum absolute atomic E-state index is 4.50. The number of thioether (sulfide) groups is 1. The van der Waals surface area contributed by atoms with Crippen LogP contribution in [0.3, 0.4) is 0 Å². The lowest BCUT2D eigenvalue weighted by atomic mass is 9.93. The monoisotopic (exact) mass is 281 g/mol. The minimum Gasteiger partial charge on any atom is -0.308 e. The Balaban J connectivity index is 2.23. The number of aromatic nitrogens is 2. The van der Waals surface area contributed by atoms with Crippen LogP contribution < -0.4 is 5.32 Å². The van der Waals surface area contributed by atoms with Crippen LogP contribution in [0.2, 0.25) is 0 Å². The largest absolute Gasteiger partial charge is 0.308 e. The van der Waals surface area contributed by atoms with Crippen molar-refractivity contribution in [2.45, 2.75) is 63.8 Å². The quantitative estimate of drug-likeness (QED) is 0.828. The lowest BCUT2D eigenvalue weighted by Crippen LogP contribution is -2.39. The molecular formula is C15H27N3S. The zero-order chi connectivity index (χ0) is 13.7. The molecule has 108 valence electrons. The van der Waals surface area contributed by atoms with Gasteiger partial charge in [0, 0.05) is 17.5 Å². The van der Waals surface area contributed by atoms with Gasteiger partial charge in [-0.05, 0) is 51.0 Å². The standard InChI is InChI=1S/C15H27N3S/c1-4-9-16-14(15(3)8-6-12-19-15)13-7-10-17-18(13)11-5-2/h7,10,14,16H,4-6,8-9,11-12H2,1-3H3. The predicted octanol–water partition coefficient (Wildman–Crippen LogP) is 3.62. The van der Waals surface area contributed by atoms with Gasteiger partial charge in [-0.3, -0.25) is 4.68 Å². The number of nitrogens with one attached hydrogen (secondary N) is 1. The van der Waals surface area contributed by atoms with Crippen LogP contribution in [0.15, 0.2) is 12.3 Å². The molecular weight excluding hydrogens is 254 g/mol. The Morgan fingerprint density at radius 2 is 2.32 bits per heavy atom. The van der Waals surface area contributed by atoms with Crippen molar-refractivity contribution in [1.29, 1.82) is 0 Å². The smallest absolute Gasteiger partial charge is 0.0638 e. The van der Waals surface area contributed by atoms with Crippen LogP contribution in [-0.4, -0.2) is 26.8 Å². The Morgan fingerprint density at radius 1 is 1.47 bits per heavy atom. The molecule has 0 aromatic carbocycles. The predicted molar refractivity (Wildman–Crippen MR) is 83.6 cm³/mol. The second-order valence-electron chi connectivity index (χ2n) is 5.63. The molecule has 1 aliphatic heterocycles. The third kappa shape index (κ3) is 3.34. The van der Waals surface area contributed by atoms with Crippen LogP contribution >= 0.6 is 11.8 Å². The summed E-state index contributed by atoms with van der Waals surface area (Å²) in [4.78, 5) is 0. The normalized spacial score (nSPS) is 24.8. The molecule has 0 spiro atoms. The van der Waals surface area contributed by atoms with Gasteiger partial charge in [0.05, 0.1) is 11.7 Å². The fourth-order valence-electron chi connectivity index (χ4n) is 2.94. The van der Waals surface area contributed by atoms with Crippen molar-refractivity contribution in [3.63, 3.8) is 0 Å². The molecule has 2 unspecified atom stereocenters. The van der Waals surface area contributed by atoms with Crippen molar-refractivity contribution in [1.82, 2.24) is 15.1 Å². The van der Waals surface area contributed by atoms with Crippen LogP contribution in [0.1, 0.15) is 58.2 Å². The lowest BCUT2D eigenvalue weighted by Gasteiger charge is -2.34. The van der Waals surface area contributed by atoms with Crippen molar-refractivity contribution in [2.75, 3.05) is 12.3 Å². The Labute approximate surface area is 121 Å². The minimum absolute atomic E-state index is 0.320. The summed E-state index contributed by atoms with van der Waals surface area (Å²) in [6.07, 6.45) is 6.91. The third-order valence-corrected chi connectivity index (χ3v) is 5.53. The second kappa shape index (κ2) is 6.80. The lowest BCUT2D eigenvalue weighted by molar-refractivity contribution is 0.383. The molecule has 2 heterocycles. The summed E-state index contributed by atoms with van der Waals surface area (Å²) in [7, 11) is 0. The average molecular weight is 281 g/mol. The van der Waals surface area contributed by atoms with Gasteiger partial charge in [-0.25, -0.2) is 0 Å². The van der Waals surface area contributed by atoms with Crippen molar-refractivity contribution in [3.05, 3.63) is 18.0 Å². The summed E-state index contributed by atoms with van der Waals surface area (Å²) in [6, 6.07) is 2.63. The number of hydrogen-bond donors (Lipinski definition) is 1. The molecule has 3 nitrogen and oxygen atoms in total. The molecule has 2 atom stereocenters. The molecule has 0 saturated carbocycles. The summed E-state index contributed by atoms with van der Waals surface area (Å²) < 4.78 is 2.51. The van der Waals surface area contributed by atoms with Gasteiger partial charge in [0.25, 0.3) is 0 Å². The van der Waals surface area contributed by atoms with E-state index >= 15 is 0 Å². The first-order valence-corrected chi connectivity index (χ1v) is 8.59. The van der Waals surface area contributed by atoms with Gasteiger partial charge < -0.3 is 5.32 Å². The first-order chi connectivity index (χ1) is 9.21. The van der Waals surface area contributed by atoms with Gasteiger partial charge in [-0.1, -0.05) is 13.8 Å². The van der Waals surface area contributed by atoms with Gasteiger partial charge in [0.15, 0.2) is 0 Å². The molecule has 1 aromatic rings. The van der Waals surface area contributed by atoms with Crippen molar-refractivity contribution in [2.24, 2.45) is 0 Å². The maximum Gasteiger partial charge on any atom is 0.0638 e. The molecule has 1 saturated heterocycles. The number of nitrogens with zero attached hydrogens (tertiary/aromatic N) is 2. The Morgan fingerprint density at radius 3 is 2.95 bits per heavy atom. The SMILES string of the molecule is CCCNC(c1ccnn1CCC)C1(C)CCCS1.